The monoisotopic (exact) mass is 352 g/mol. The van der Waals surface area contributed by atoms with Crippen molar-refractivity contribution in [1.29, 1.82) is 0 Å². The Bertz CT molecular complexity index is 690. The number of amides is 1. The Labute approximate surface area is 145 Å². The molecule has 0 spiro atoms. The van der Waals surface area contributed by atoms with E-state index in [0.717, 1.165) is 19.6 Å². The average Bonchev–Trinajstić information content (AvgIpc) is 3.22. The minimum atomic E-state index is -0.0641. The molecule has 2 aliphatic rings. The summed E-state index contributed by atoms with van der Waals surface area (Å²) in [7, 11) is 0. The number of halogens is 2. The molecule has 2 N–H and O–H groups in total. The summed E-state index contributed by atoms with van der Waals surface area (Å²) in [6, 6.07) is 10.3. The van der Waals surface area contributed by atoms with Crippen LogP contribution in [0.25, 0.3) is 0 Å². The highest BCUT2D eigenvalue weighted by atomic mass is 35.5. The first-order valence-corrected chi connectivity index (χ1v) is 7.89. The second-order valence-electron chi connectivity index (χ2n) is 5.99. The van der Waals surface area contributed by atoms with E-state index in [1.165, 1.54) is 11.8 Å². The predicted octanol–water partition coefficient (Wildman–Crippen LogP) is 2.52. The number of fused-ring (bicyclic) bond motifs is 1. The summed E-state index contributed by atoms with van der Waals surface area (Å²) in [5.41, 5.74) is 1.57. The molecule has 2 aromatic rings. The molecule has 0 bridgehead atoms. The van der Waals surface area contributed by atoms with Crippen molar-refractivity contribution in [3.8, 4) is 0 Å². The van der Waals surface area contributed by atoms with E-state index >= 15 is 0 Å². The number of aromatic nitrogens is 2. The minimum absolute atomic E-state index is 0. The van der Waals surface area contributed by atoms with Crippen molar-refractivity contribution < 1.29 is 4.79 Å². The Balaban J connectivity index is 0.00000156. The van der Waals surface area contributed by atoms with E-state index in [1.54, 1.807) is 0 Å². The van der Waals surface area contributed by atoms with Crippen molar-refractivity contribution in [3.05, 3.63) is 52.8 Å². The summed E-state index contributed by atoms with van der Waals surface area (Å²) >= 11 is 6.07. The topological polar surface area (TPSA) is 61.0 Å². The minimum Gasteiger partial charge on any atom is -0.330 e. The molecule has 2 aliphatic heterocycles. The van der Waals surface area contributed by atoms with Crippen LogP contribution in [0, 0.1) is 11.8 Å². The summed E-state index contributed by atoms with van der Waals surface area (Å²) in [4.78, 5) is 14.8. The molecule has 0 saturated carbocycles. The first-order valence-electron chi connectivity index (χ1n) is 7.51. The lowest BCUT2D eigenvalue weighted by Crippen LogP contribution is -2.35. The van der Waals surface area contributed by atoms with Crippen LogP contribution in [0.2, 0.25) is 5.02 Å². The largest absolute Gasteiger partial charge is 0.330 e. The second-order valence-corrected chi connectivity index (χ2v) is 6.40. The number of nitrogens with one attached hydrogen (secondary N) is 2. The van der Waals surface area contributed by atoms with Crippen molar-refractivity contribution in [3.63, 3.8) is 0 Å². The maximum atomic E-state index is 12.9. The number of aromatic amines is 1. The van der Waals surface area contributed by atoms with Crippen LogP contribution in [-0.4, -0.2) is 40.6 Å². The average molecular weight is 353 g/mol. The molecule has 3 atom stereocenters. The van der Waals surface area contributed by atoms with Gasteiger partial charge in [-0.25, -0.2) is 0 Å². The molecular weight excluding hydrogens is 335 g/mol. The van der Waals surface area contributed by atoms with E-state index in [0.29, 0.717) is 22.6 Å². The van der Waals surface area contributed by atoms with E-state index in [-0.39, 0.29) is 24.4 Å². The van der Waals surface area contributed by atoms with Gasteiger partial charge in [-0.2, -0.15) is 5.10 Å². The number of likely N-dealkylation sites (tertiary alicyclic amines) is 1. The third kappa shape index (κ3) is 2.73. The number of benzene rings is 1. The van der Waals surface area contributed by atoms with Gasteiger partial charge in [-0.1, -0.05) is 41.9 Å². The van der Waals surface area contributed by atoms with Gasteiger partial charge in [0.2, 0.25) is 0 Å². The maximum absolute atomic E-state index is 12.9. The van der Waals surface area contributed by atoms with E-state index in [4.69, 9.17) is 11.6 Å². The molecule has 1 amide bonds. The van der Waals surface area contributed by atoms with E-state index in [2.05, 4.69) is 27.6 Å². The molecule has 4 rings (SSSR count). The zero-order valence-corrected chi connectivity index (χ0v) is 14.0. The lowest BCUT2D eigenvalue weighted by atomic mass is 9.89. The van der Waals surface area contributed by atoms with Crippen LogP contribution in [-0.2, 0) is 0 Å². The number of carbonyl (C=O) groups excluding carboxylic acids is 1. The number of hydrogen-bond acceptors (Lipinski definition) is 3. The van der Waals surface area contributed by atoms with Crippen LogP contribution in [0.4, 0.5) is 0 Å². The van der Waals surface area contributed by atoms with Gasteiger partial charge in [-0.3, -0.25) is 9.89 Å². The van der Waals surface area contributed by atoms with Crippen LogP contribution in [0.15, 0.2) is 36.5 Å². The Morgan fingerprint density at radius 1 is 1.26 bits per heavy atom. The molecule has 0 aliphatic carbocycles. The second kappa shape index (κ2) is 6.51. The van der Waals surface area contributed by atoms with Crippen molar-refractivity contribution in [2.45, 2.75) is 6.04 Å². The molecule has 1 aromatic carbocycles. The Hall–Kier alpha value is -1.56. The Morgan fingerprint density at radius 2 is 2.04 bits per heavy atom. The Morgan fingerprint density at radius 3 is 2.74 bits per heavy atom. The first kappa shape index (κ1) is 16.3. The number of rotatable bonds is 2. The third-order valence-electron chi connectivity index (χ3n) is 4.77. The fourth-order valence-corrected chi connectivity index (χ4v) is 3.94. The summed E-state index contributed by atoms with van der Waals surface area (Å²) in [5, 5.41) is 10.4. The zero-order chi connectivity index (χ0) is 15.1. The summed E-state index contributed by atoms with van der Waals surface area (Å²) in [5.74, 6) is 0.884. The standard InChI is InChI=1S/C16H17ClN4O.ClH/c17-13-8-19-20-14(13)16(22)21-9-11-6-18-7-12(11)15(21)10-4-2-1-3-5-10;/h1-5,8,11-12,15,18H,6-7,9H2,(H,19,20);1H/t11-,12-,15+;/m0./s1. The highest BCUT2D eigenvalue weighted by molar-refractivity contribution is 6.33. The highest BCUT2D eigenvalue weighted by Crippen LogP contribution is 2.43. The quantitative estimate of drug-likeness (QED) is 0.872. The number of H-pyrrole nitrogens is 1. The highest BCUT2D eigenvalue weighted by Gasteiger charge is 2.47. The fourth-order valence-electron chi connectivity index (χ4n) is 3.77. The molecule has 0 unspecified atom stereocenters. The van der Waals surface area contributed by atoms with Crippen molar-refractivity contribution >= 4 is 29.9 Å². The fraction of sp³-hybridized carbons (Fsp3) is 0.375. The molecule has 2 fully saturated rings. The Kier molecular flexibility index (Phi) is 4.62. The maximum Gasteiger partial charge on any atom is 0.273 e. The van der Waals surface area contributed by atoms with Crippen LogP contribution >= 0.6 is 24.0 Å². The summed E-state index contributed by atoms with van der Waals surface area (Å²) < 4.78 is 0. The van der Waals surface area contributed by atoms with Gasteiger partial charge in [0.15, 0.2) is 0 Å². The smallest absolute Gasteiger partial charge is 0.273 e. The molecule has 2 saturated heterocycles. The lowest BCUT2D eigenvalue weighted by molar-refractivity contribution is 0.0708. The van der Waals surface area contributed by atoms with E-state index < -0.39 is 0 Å². The van der Waals surface area contributed by atoms with Crippen molar-refractivity contribution in [2.75, 3.05) is 19.6 Å². The van der Waals surface area contributed by atoms with Crippen molar-refractivity contribution in [2.24, 2.45) is 11.8 Å². The third-order valence-corrected chi connectivity index (χ3v) is 5.06. The SMILES string of the molecule is Cl.O=C(c1[nH]ncc1Cl)N1C[C@@H]2CNC[C@@H]2[C@H]1c1ccccc1. The van der Waals surface area contributed by atoms with Crippen LogP contribution in [0.5, 0.6) is 0 Å². The van der Waals surface area contributed by atoms with Crippen molar-refractivity contribution in [1.82, 2.24) is 20.4 Å². The molecule has 5 nitrogen and oxygen atoms in total. The molecule has 23 heavy (non-hydrogen) atoms. The lowest BCUT2D eigenvalue weighted by Gasteiger charge is -2.28. The number of hydrogen-bond donors (Lipinski definition) is 2. The first-order chi connectivity index (χ1) is 10.8. The molecule has 1 aromatic heterocycles. The molecule has 122 valence electrons. The molecular formula is C16H18Cl2N4O. The number of nitrogens with zero attached hydrogens (tertiary/aromatic N) is 2. The van der Waals surface area contributed by atoms with Gasteiger partial charge < -0.3 is 10.2 Å². The van der Waals surface area contributed by atoms with Gasteiger partial charge in [-0.05, 0) is 11.5 Å². The van der Waals surface area contributed by atoms with Gasteiger partial charge in [-0.15, -0.1) is 12.4 Å². The van der Waals surface area contributed by atoms with Gasteiger partial charge in [0.25, 0.3) is 5.91 Å². The number of carbonyl (C=O) groups is 1. The van der Waals surface area contributed by atoms with Gasteiger partial charge >= 0.3 is 0 Å². The van der Waals surface area contributed by atoms with E-state index in [1.807, 2.05) is 23.1 Å². The zero-order valence-electron chi connectivity index (χ0n) is 12.4. The van der Waals surface area contributed by atoms with Crippen LogP contribution < -0.4 is 5.32 Å². The van der Waals surface area contributed by atoms with Crippen LogP contribution in [0.1, 0.15) is 22.1 Å². The molecule has 7 heteroatoms. The molecule has 3 heterocycles. The predicted molar refractivity (Wildman–Crippen MR) is 90.9 cm³/mol. The van der Waals surface area contributed by atoms with Crippen LogP contribution in [0.3, 0.4) is 0 Å². The molecule has 0 radical (unpaired) electrons. The van der Waals surface area contributed by atoms with Gasteiger partial charge in [0, 0.05) is 25.6 Å². The summed E-state index contributed by atoms with van der Waals surface area (Å²) in [6.07, 6.45) is 1.48. The van der Waals surface area contributed by atoms with Gasteiger partial charge in [0.05, 0.1) is 17.3 Å². The van der Waals surface area contributed by atoms with E-state index in [9.17, 15) is 4.79 Å². The van der Waals surface area contributed by atoms with Gasteiger partial charge in [0.1, 0.15) is 5.69 Å². The normalized spacial score (nSPS) is 26.0. The summed E-state index contributed by atoms with van der Waals surface area (Å²) in [6.45, 7) is 2.67.